The number of hydrogen-bond acceptors (Lipinski definition) is 4. The lowest BCUT2D eigenvalue weighted by molar-refractivity contribution is -0.122. The fourth-order valence-corrected chi connectivity index (χ4v) is 3.98. The molecule has 1 aliphatic heterocycles. The second-order valence-corrected chi connectivity index (χ2v) is 7.89. The highest BCUT2D eigenvalue weighted by molar-refractivity contribution is 5.84. The van der Waals surface area contributed by atoms with E-state index >= 15 is 0 Å². The van der Waals surface area contributed by atoms with Gasteiger partial charge < -0.3 is 15.0 Å². The maximum absolute atomic E-state index is 13.1. The molecule has 3 aromatic rings. The molecule has 1 heterocycles. The van der Waals surface area contributed by atoms with Crippen LogP contribution in [0.1, 0.15) is 5.56 Å². The van der Waals surface area contributed by atoms with Crippen LogP contribution < -0.4 is 15.0 Å². The summed E-state index contributed by atoms with van der Waals surface area (Å²) in [7, 11) is 1.67. The molecule has 6 heteroatoms. The fourth-order valence-electron chi connectivity index (χ4n) is 3.98. The maximum atomic E-state index is 13.1. The largest absolute Gasteiger partial charge is 0.497 e. The molecule has 1 amide bonds. The third-order valence-corrected chi connectivity index (χ3v) is 5.78. The molecule has 162 valence electrons. The van der Waals surface area contributed by atoms with E-state index in [1.807, 2.05) is 12.1 Å². The highest BCUT2D eigenvalue weighted by atomic mass is 19.1. The standard InChI is InChI=1S/C25H28FN3O2/c1-31-24-9-4-20-3-2-19(16-21(20)17-24)10-11-27-25(30)18-28-12-14-29(15-13-28)23-7-5-22(26)6-8-23/h2-9,16-17H,10-15,18H2,1H3,(H,27,30). The SMILES string of the molecule is COc1ccc2ccc(CCNC(=O)CN3CCN(c4ccc(F)cc4)CC3)cc2c1. The van der Waals surface area contributed by atoms with Crippen LogP contribution in [-0.2, 0) is 11.2 Å². The number of rotatable bonds is 7. The minimum atomic E-state index is -0.220. The van der Waals surface area contributed by atoms with Crippen LogP contribution in [-0.4, -0.2) is 57.2 Å². The predicted molar refractivity (Wildman–Crippen MR) is 122 cm³/mol. The number of benzene rings is 3. The van der Waals surface area contributed by atoms with Gasteiger partial charge in [-0.2, -0.15) is 0 Å². The van der Waals surface area contributed by atoms with E-state index in [1.54, 1.807) is 19.2 Å². The Bertz CT molecular complexity index is 1030. The fraction of sp³-hybridized carbons (Fsp3) is 0.320. The third kappa shape index (κ3) is 5.52. The molecular formula is C25H28FN3O2. The Labute approximate surface area is 182 Å². The van der Waals surface area contributed by atoms with Gasteiger partial charge in [0.05, 0.1) is 13.7 Å². The summed E-state index contributed by atoms with van der Waals surface area (Å²) in [5.74, 6) is 0.678. The molecule has 1 aliphatic rings. The summed E-state index contributed by atoms with van der Waals surface area (Å²) >= 11 is 0. The van der Waals surface area contributed by atoms with Gasteiger partial charge in [0.2, 0.25) is 5.91 Å². The van der Waals surface area contributed by atoms with E-state index in [-0.39, 0.29) is 11.7 Å². The zero-order chi connectivity index (χ0) is 21.6. The van der Waals surface area contributed by atoms with E-state index in [9.17, 15) is 9.18 Å². The number of methoxy groups -OCH3 is 1. The van der Waals surface area contributed by atoms with Crippen molar-refractivity contribution in [3.05, 3.63) is 72.0 Å². The molecule has 0 bridgehead atoms. The van der Waals surface area contributed by atoms with E-state index in [1.165, 1.54) is 23.1 Å². The van der Waals surface area contributed by atoms with Crippen molar-refractivity contribution in [3.63, 3.8) is 0 Å². The Hall–Kier alpha value is -3.12. The van der Waals surface area contributed by atoms with Crippen LogP contribution >= 0.6 is 0 Å². The van der Waals surface area contributed by atoms with Gasteiger partial charge in [-0.1, -0.05) is 24.3 Å². The van der Waals surface area contributed by atoms with Crippen molar-refractivity contribution in [3.8, 4) is 5.75 Å². The van der Waals surface area contributed by atoms with Crippen LogP contribution in [0.5, 0.6) is 5.75 Å². The van der Waals surface area contributed by atoms with Crippen molar-refractivity contribution in [2.75, 3.05) is 51.3 Å². The molecule has 1 saturated heterocycles. The summed E-state index contributed by atoms with van der Waals surface area (Å²) in [6.45, 7) is 4.32. The Morgan fingerprint density at radius 3 is 2.45 bits per heavy atom. The first-order valence-corrected chi connectivity index (χ1v) is 10.7. The maximum Gasteiger partial charge on any atom is 0.234 e. The molecule has 5 nitrogen and oxygen atoms in total. The zero-order valence-corrected chi connectivity index (χ0v) is 17.8. The lowest BCUT2D eigenvalue weighted by Gasteiger charge is -2.35. The molecule has 0 atom stereocenters. The second kappa shape index (κ2) is 9.79. The predicted octanol–water partition coefficient (Wildman–Crippen LogP) is 3.47. The van der Waals surface area contributed by atoms with Crippen LogP contribution in [0, 0.1) is 5.82 Å². The average Bonchev–Trinajstić information content (AvgIpc) is 2.79. The molecular weight excluding hydrogens is 393 g/mol. The highest BCUT2D eigenvalue weighted by Gasteiger charge is 2.19. The van der Waals surface area contributed by atoms with Crippen molar-refractivity contribution in [2.45, 2.75) is 6.42 Å². The molecule has 0 radical (unpaired) electrons. The topological polar surface area (TPSA) is 44.8 Å². The van der Waals surface area contributed by atoms with Crippen molar-refractivity contribution >= 4 is 22.4 Å². The van der Waals surface area contributed by atoms with Crippen molar-refractivity contribution < 1.29 is 13.9 Å². The number of carbonyl (C=O) groups is 1. The number of halogens is 1. The van der Waals surface area contributed by atoms with Gasteiger partial charge in [0.1, 0.15) is 11.6 Å². The normalized spacial score (nSPS) is 14.6. The van der Waals surface area contributed by atoms with Gasteiger partial charge >= 0.3 is 0 Å². The number of anilines is 1. The number of fused-ring (bicyclic) bond motifs is 1. The van der Waals surface area contributed by atoms with E-state index in [0.29, 0.717) is 13.1 Å². The first-order chi connectivity index (χ1) is 15.1. The molecule has 0 saturated carbocycles. The van der Waals surface area contributed by atoms with Gasteiger partial charge in [-0.25, -0.2) is 4.39 Å². The minimum Gasteiger partial charge on any atom is -0.497 e. The Morgan fingerprint density at radius 1 is 0.968 bits per heavy atom. The van der Waals surface area contributed by atoms with Gasteiger partial charge in [-0.05, 0) is 59.2 Å². The average molecular weight is 422 g/mol. The van der Waals surface area contributed by atoms with Crippen molar-refractivity contribution in [2.24, 2.45) is 0 Å². The second-order valence-electron chi connectivity index (χ2n) is 7.89. The Kier molecular flexibility index (Phi) is 6.67. The molecule has 1 N–H and O–H groups in total. The molecule has 31 heavy (non-hydrogen) atoms. The molecule has 4 rings (SSSR count). The molecule has 3 aromatic carbocycles. The van der Waals surface area contributed by atoms with E-state index in [0.717, 1.165) is 49.4 Å². The zero-order valence-electron chi connectivity index (χ0n) is 17.8. The Morgan fingerprint density at radius 2 is 1.71 bits per heavy atom. The van der Waals surface area contributed by atoms with E-state index in [4.69, 9.17) is 4.74 Å². The van der Waals surface area contributed by atoms with Gasteiger partial charge in [0, 0.05) is 38.4 Å². The molecule has 0 spiro atoms. The first-order valence-electron chi connectivity index (χ1n) is 10.7. The summed E-state index contributed by atoms with van der Waals surface area (Å²) in [6.07, 6.45) is 0.789. The van der Waals surface area contributed by atoms with Crippen LogP contribution in [0.2, 0.25) is 0 Å². The van der Waals surface area contributed by atoms with E-state index in [2.05, 4.69) is 39.4 Å². The number of piperazine rings is 1. The number of amides is 1. The lowest BCUT2D eigenvalue weighted by atomic mass is 10.0. The van der Waals surface area contributed by atoms with Crippen LogP contribution in [0.25, 0.3) is 10.8 Å². The number of ether oxygens (including phenoxy) is 1. The number of nitrogens with one attached hydrogen (secondary N) is 1. The molecule has 0 aliphatic carbocycles. The summed E-state index contributed by atoms with van der Waals surface area (Å²) in [6, 6.07) is 19.0. The smallest absolute Gasteiger partial charge is 0.234 e. The highest BCUT2D eigenvalue weighted by Crippen LogP contribution is 2.22. The monoisotopic (exact) mass is 421 g/mol. The molecule has 1 fully saturated rings. The first kappa shape index (κ1) is 21.1. The Balaban J connectivity index is 1.21. The summed E-state index contributed by atoms with van der Waals surface area (Å²) in [5, 5.41) is 5.35. The van der Waals surface area contributed by atoms with Gasteiger partial charge in [0.25, 0.3) is 0 Å². The quantitative estimate of drug-likeness (QED) is 0.635. The van der Waals surface area contributed by atoms with Crippen LogP contribution in [0.15, 0.2) is 60.7 Å². The lowest BCUT2D eigenvalue weighted by Crippen LogP contribution is -2.49. The summed E-state index contributed by atoms with van der Waals surface area (Å²) in [4.78, 5) is 16.8. The molecule has 0 unspecified atom stereocenters. The third-order valence-electron chi connectivity index (χ3n) is 5.78. The van der Waals surface area contributed by atoms with Gasteiger partial charge in [-0.15, -0.1) is 0 Å². The number of hydrogen-bond donors (Lipinski definition) is 1. The van der Waals surface area contributed by atoms with Gasteiger partial charge in [-0.3, -0.25) is 9.69 Å². The van der Waals surface area contributed by atoms with Crippen molar-refractivity contribution in [1.82, 2.24) is 10.2 Å². The van der Waals surface area contributed by atoms with E-state index < -0.39 is 0 Å². The van der Waals surface area contributed by atoms with Crippen LogP contribution in [0.3, 0.4) is 0 Å². The molecule has 0 aromatic heterocycles. The number of nitrogens with zero attached hydrogens (tertiary/aromatic N) is 2. The number of carbonyl (C=O) groups excluding carboxylic acids is 1. The van der Waals surface area contributed by atoms with Crippen molar-refractivity contribution in [1.29, 1.82) is 0 Å². The minimum absolute atomic E-state index is 0.0534. The summed E-state index contributed by atoms with van der Waals surface area (Å²) < 4.78 is 18.4. The van der Waals surface area contributed by atoms with Gasteiger partial charge in [0.15, 0.2) is 0 Å². The summed E-state index contributed by atoms with van der Waals surface area (Å²) in [5.41, 5.74) is 2.22. The van der Waals surface area contributed by atoms with Crippen LogP contribution in [0.4, 0.5) is 10.1 Å².